The lowest BCUT2D eigenvalue weighted by Crippen LogP contribution is -2.39. The smallest absolute Gasteiger partial charge is 0.290 e. The standard InChI is InChI=1S/C25H26N2O5S/c1-16-5-6-18-17(14-16)15-19(32-18)23(28)21-22(20-4-2-13-33-20)27(25(30)24(21)29)8-3-7-26-9-11-31-12-10-26/h2,4-6,13-15,22,29H,3,7-12H2,1H3. The topological polar surface area (TPSA) is 83.2 Å². The molecule has 0 saturated carbocycles. The first kappa shape index (κ1) is 21.9. The minimum absolute atomic E-state index is 0.0876. The van der Waals surface area contributed by atoms with E-state index < -0.39 is 23.5 Å². The number of aryl methyl sites for hydroxylation is 1. The Morgan fingerprint density at radius 1 is 1.18 bits per heavy atom. The lowest BCUT2D eigenvalue weighted by atomic mass is 10.00. The molecule has 1 fully saturated rings. The fourth-order valence-electron chi connectivity index (χ4n) is 4.56. The van der Waals surface area contributed by atoms with Gasteiger partial charge < -0.3 is 19.2 Å². The number of Topliss-reactive ketones (excluding diaryl/α,β-unsaturated/α-hetero) is 1. The highest BCUT2D eigenvalue weighted by Gasteiger charge is 2.44. The highest BCUT2D eigenvalue weighted by atomic mass is 32.1. The SMILES string of the molecule is Cc1ccc2oc(C(=O)C3=C(O)C(=O)N(CCCN4CCOCC4)C3c3cccs3)cc2c1. The number of hydrogen-bond donors (Lipinski definition) is 1. The molecule has 8 heteroatoms. The van der Waals surface area contributed by atoms with E-state index in [1.165, 1.54) is 11.3 Å². The molecule has 1 unspecified atom stereocenters. The number of aliphatic hydroxyl groups is 1. The number of carbonyl (C=O) groups is 2. The summed E-state index contributed by atoms with van der Waals surface area (Å²) in [6.07, 6.45) is 0.742. The molecule has 0 radical (unpaired) electrons. The Morgan fingerprint density at radius 2 is 2.00 bits per heavy atom. The first-order chi connectivity index (χ1) is 16.0. The number of carbonyl (C=O) groups excluding carboxylic acids is 2. The van der Waals surface area contributed by atoms with Crippen LogP contribution in [0.25, 0.3) is 11.0 Å². The molecule has 5 rings (SSSR count). The maximum Gasteiger partial charge on any atom is 0.290 e. The van der Waals surface area contributed by atoms with Crippen LogP contribution in [0.3, 0.4) is 0 Å². The summed E-state index contributed by atoms with van der Waals surface area (Å²) in [4.78, 5) is 31.3. The Kier molecular flexibility index (Phi) is 6.05. The molecular weight excluding hydrogens is 440 g/mol. The monoisotopic (exact) mass is 466 g/mol. The van der Waals surface area contributed by atoms with Crippen molar-refractivity contribution in [1.82, 2.24) is 9.80 Å². The van der Waals surface area contributed by atoms with Gasteiger partial charge >= 0.3 is 0 Å². The van der Waals surface area contributed by atoms with Gasteiger partial charge in [0.1, 0.15) is 5.58 Å². The number of ketones is 1. The third-order valence-electron chi connectivity index (χ3n) is 6.23. The van der Waals surface area contributed by atoms with Crippen LogP contribution in [0.2, 0.25) is 0 Å². The van der Waals surface area contributed by atoms with Crippen LogP contribution in [-0.2, 0) is 9.53 Å². The van der Waals surface area contributed by atoms with E-state index >= 15 is 0 Å². The number of thiophene rings is 1. The van der Waals surface area contributed by atoms with Crippen molar-refractivity contribution in [3.63, 3.8) is 0 Å². The van der Waals surface area contributed by atoms with Gasteiger partial charge in [0.15, 0.2) is 11.5 Å². The van der Waals surface area contributed by atoms with Gasteiger partial charge in [0.25, 0.3) is 5.91 Å². The first-order valence-corrected chi connectivity index (χ1v) is 12.0. The number of ether oxygens (including phenoxy) is 1. The van der Waals surface area contributed by atoms with Crippen LogP contribution < -0.4 is 0 Å². The molecule has 0 bridgehead atoms. The summed E-state index contributed by atoms with van der Waals surface area (Å²) in [5.74, 6) is -1.32. The zero-order valence-corrected chi connectivity index (χ0v) is 19.3. The molecule has 0 spiro atoms. The molecule has 1 saturated heterocycles. The van der Waals surface area contributed by atoms with Crippen molar-refractivity contribution in [2.45, 2.75) is 19.4 Å². The van der Waals surface area contributed by atoms with Gasteiger partial charge in [-0.05, 0) is 43.0 Å². The molecule has 0 aliphatic carbocycles. The van der Waals surface area contributed by atoms with Gasteiger partial charge in [-0.2, -0.15) is 0 Å². The molecule has 2 aliphatic heterocycles. The summed E-state index contributed by atoms with van der Waals surface area (Å²) in [7, 11) is 0. The average molecular weight is 467 g/mol. The molecule has 1 amide bonds. The minimum atomic E-state index is -0.621. The van der Waals surface area contributed by atoms with Gasteiger partial charge in [0.05, 0.1) is 24.8 Å². The van der Waals surface area contributed by atoms with E-state index in [-0.39, 0.29) is 11.3 Å². The molecule has 1 atom stereocenters. The van der Waals surface area contributed by atoms with Crippen molar-refractivity contribution in [3.05, 3.63) is 69.3 Å². The number of rotatable bonds is 7. The molecule has 1 N–H and O–H groups in total. The summed E-state index contributed by atoms with van der Waals surface area (Å²) in [6, 6.07) is 10.5. The summed E-state index contributed by atoms with van der Waals surface area (Å²) in [6.45, 7) is 6.44. The Hall–Kier alpha value is -2.94. The van der Waals surface area contributed by atoms with Gasteiger partial charge in [-0.15, -0.1) is 11.3 Å². The maximum absolute atomic E-state index is 13.5. The van der Waals surface area contributed by atoms with E-state index in [1.807, 2.05) is 42.6 Å². The highest BCUT2D eigenvalue weighted by Crippen LogP contribution is 2.41. The van der Waals surface area contributed by atoms with E-state index in [0.717, 1.165) is 55.1 Å². The van der Waals surface area contributed by atoms with Crippen LogP contribution in [-0.4, -0.2) is 66.0 Å². The van der Waals surface area contributed by atoms with Crippen molar-refractivity contribution in [2.75, 3.05) is 39.4 Å². The third kappa shape index (κ3) is 4.21. The number of amides is 1. The number of furan rings is 1. The zero-order chi connectivity index (χ0) is 22.9. The van der Waals surface area contributed by atoms with Crippen LogP contribution in [0.15, 0.2) is 57.5 Å². The van der Waals surface area contributed by atoms with E-state index in [2.05, 4.69) is 4.90 Å². The van der Waals surface area contributed by atoms with Crippen LogP contribution in [0.1, 0.15) is 33.5 Å². The van der Waals surface area contributed by atoms with Crippen molar-refractivity contribution in [3.8, 4) is 0 Å². The van der Waals surface area contributed by atoms with Gasteiger partial charge in [-0.25, -0.2) is 0 Å². The Balaban J connectivity index is 1.42. The predicted octanol–water partition coefficient (Wildman–Crippen LogP) is 4.10. The number of nitrogens with zero attached hydrogens (tertiary/aromatic N) is 2. The summed E-state index contributed by atoms with van der Waals surface area (Å²) >= 11 is 1.46. The fraction of sp³-hybridized carbons (Fsp3) is 0.360. The number of benzene rings is 1. The number of morpholine rings is 1. The van der Waals surface area contributed by atoms with Gasteiger partial charge in [-0.3, -0.25) is 14.5 Å². The largest absolute Gasteiger partial charge is 0.503 e. The highest BCUT2D eigenvalue weighted by molar-refractivity contribution is 7.10. The van der Waals surface area contributed by atoms with E-state index in [9.17, 15) is 14.7 Å². The normalized spacial score (nSPS) is 19.7. The number of aliphatic hydroxyl groups excluding tert-OH is 1. The van der Waals surface area contributed by atoms with E-state index in [0.29, 0.717) is 12.1 Å². The van der Waals surface area contributed by atoms with Gasteiger partial charge in [-0.1, -0.05) is 17.7 Å². The van der Waals surface area contributed by atoms with Crippen LogP contribution in [0.4, 0.5) is 0 Å². The number of fused-ring (bicyclic) bond motifs is 1. The second-order valence-electron chi connectivity index (χ2n) is 8.47. The Morgan fingerprint density at radius 3 is 2.76 bits per heavy atom. The molecular formula is C25H26N2O5S. The third-order valence-corrected chi connectivity index (χ3v) is 7.16. The lowest BCUT2D eigenvalue weighted by molar-refractivity contribution is -0.129. The molecule has 4 heterocycles. The van der Waals surface area contributed by atoms with Crippen molar-refractivity contribution < 1.29 is 23.8 Å². The van der Waals surface area contributed by atoms with Crippen LogP contribution in [0, 0.1) is 6.92 Å². The van der Waals surface area contributed by atoms with Gasteiger partial charge in [0, 0.05) is 36.4 Å². The van der Waals surface area contributed by atoms with Crippen molar-refractivity contribution in [1.29, 1.82) is 0 Å². The number of hydrogen-bond acceptors (Lipinski definition) is 7. The fourth-order valence-corrected chi connectivity index (χ4v) is 5.40. The molecule has 3 aromatic rings. The predicted molar refractivity (Wildman–Crippen MR) is 126 cm³/mol. The summed E-state index contributed by atoms with van der Waals surface area (Å²) < 4.78 is 11.2. The van der Waals surface area contributed by atoms with Crippen LogP contribution >= 0.6 is 11.3 Å². The van der Waals surface area contributed by atoms with Crippen LogP contribution in [0.5, 0.6) is 0 Å². The Labute approximate surface area is 195 Å². The van der Waals surface area contributed by atoms with Gasteiger partial charge in [0.2, 0.25) is 5.78 Å². The molecule has 7 nitrogen and oxygen atoms in total. The summed E-state index contributed by atoms with van der Waals surface area (Å²) in [5.41, 5.74) is 1.75. The molecule has 1 aromatic carbocycles. The molecule has 2 aromatic heterocycles. The summed E-state index contributed by atoms with van der Waals surface area (Å²) in [5, 5.41) is 13.5. The quantitative estimate of drug-likeness (QED) is 0.528. The second kappa shape index (κ2) is 9.13. The van der Waals surface area contributed by atoms with E-state index in [4.69, 9.17) is 9.15 Å². The maximum atomic E-state index is 13.5. The Bertz CT molecular complexity index is 1210. The van der Waals surface area contributed by atoms with Crippen molar-refractivity contribution >= 4 is 34.0 Å². The molecule has 2 aliphatic rings. The second-order valence-corrected chi connectivity index (χ2v) is 9.45. The first-order valence-electron chi connectivity index (χ1n) is 11.2. The van der Waals surface area contributed by atoms with Crippen molar-refractivity contribution in [2.24, 2.45) is 0 Å². The van der Waals surface area contributed by atoms with E-state index in [1.54, 1.807) is 11.0 Å². The minimum Gasteiger partial charge on any atom is -0.503 e. The zero-order valence-electron chi connectivity index (χ0n) is 18.5. The molecule has 172 valence electrons. The molecule has 33 heavy (non-hydrogen) atoms. The average Bonchev–Trinajstić information content (AvgIpc) is 3.54. The lowest BCUT2D eigenvalue weighted by Gasteiger charge is -2.29.